The summed E-state index contributed by atoms with van der Waals surface area (Å²) in [4.78, 5) is -0.0653. The van der Waals surface area contributed by atoms with Gasteiger partial charge in [0.15, 0.2) is 0 Å². The van der Waals surface area contributed by atoms with Gasteiger partial charge in [0.05, 0.1) is 10.6 Å². The van der Waals surface area contributed by atoms with Crippen molar-refractivity contribution in [2.45, 2.75) is 11.8 Å². The van der Waals surface area contributed by atoms with Gasteiger partial charge in [-0.25, -0.2) is 12.8 Å². The van der Waals surface area contributed by atoms with Gasteiger partial charge in [0.2, 0.25) is 0 Å². The number of anilines is 2. The van der Waals surface area contributed by atoms with E-state index in [-0.39, 0.29) is 4.90 Å². The van der Waals surface area contributed by atoms with E-state index in [4.69, 9.17) is 5.73 Å². The van der Waals surface area contributed by atoms with E-state index < -0.39 is 15.8 Å². The van der Waals surface area contributed by atoms with Crippen molar-refractivity contribution >= 4 is 74.8 Å². The summed E-state index contributed by atoms with van der Waals surface area (Å²) in [5, 5.41) is 3.92. The van der Waals surface area contributed by atoms with Gasteiger partial charge < -0.3 is 5.73 Å². The normalized spacial score (nSPS) is 11.2. The molecule has 0 aromatic heterocycles. The lowest BCUT2D eigenvalue weighted by Gasteiger charge is -2.13. The number of nitrogens with one attached hydrogen (secondary N) is 1. The predicted molar refractivity (Wildman–Crippen MR) is 150 cm³/mol. The van der Waals surface area contributed by atoms with Crippen molar-refractivity contribution < 1.29 is 12.8 Å². The smallest absolute Gasteiger partial charge is 0.262 e. The predicted octanol–water partition coefficient (Wildman–Crippen LogP) is 8.04. The largest absolute Gasteiger partial charge is 0.398 e. The van der Waals surface area contributed by atoms with Crippen LogP contribution in [0.15, 0.2) is 105 Å². The number of fused-ring (bicyclic) bond motifs is 2. The number of halogens is 3. The Hall–Kier alpha value is -2.94. The molecule has 3 N–H and O–H groups in total. The Morgan fingerprint density at radius 2 is 1.29 bits per heavy atom. The highest BCUT2D eigenvalue weighted by atomic mass is 79.9. The summed E-state index contributed by atoms with van der Waals surface area (Å²) in [5.41, 5.74) is 7.57. The van der Waals surface area contributed by atoms with Gasteiger partial charge in [-0.3, -0.25) is 4.72 Å². The lowest BCUT2D eigenvalue weighted by molar-refractivity contribution is 0.594. The first-order valence-corrected chi connectivity index (χ1v) is 13.6. The molecule has 0 fully saturated rings. The Morgan fingerprint density at radius 3 is 1.91 bits per heavy atom. The molecule has 0 atom stereocenters. The average molecular weight is 616 g/mol. The molecule has 0 saturated carbocycles. The number of aryl methyl sites for hydroxylation is 1. The van der Waals surface area contributed by atoms with Crippen molar-refractivity contribution in [1.82, 2.24) is 0 Å². The second-order valence-electron chi connectivity index (χ2n) is 7.84. The van der Waals surface area contributed by atoms with Crippen LogP contribution in [0.1, 0.15) is 5.56 Å². The lowest BCUT2D eigenvalue weighted by atomic mass is 10.1. The Bertz CT molecular complexity index is 1620. The molecule has 0 saturated heterocycles. The van der Waals surface area contributed by atoms with Crippen LogP contribution in [0, 0.1) is 12.7 Å². The first kappa shape index (κ1) is 25.2. The molecule has 0 aliphatic rings. The molecule has 0 amide bonds. The fraction of sp³-hybridized carbons (Fsp3) is 0.0370. The van der Waals surface area contributed by atoms with Crippen LogP contribution in [0.3, 0.4) is 0 Å². The second-order valence-corrected chi connectivity index (χ2v) is 11.2. The van der Waals surface area contributed by atoms with E-state index in [1.807, 2.05) is 54.6 Å². The Kier molecular flexibility index (Phi) is 7.44. The summed E-state index contributed by atoms with van der Waals surface area (Å²) >= 11 is 6.93. The monoisotopic (exact) mass is 614 g/mol. The molecule has 5 rings (SSSR count). The van der Waals surface area contributed by atoms with E-state index in [0.29, 0.717) is 11.3 Å². The molecule has 0 aliphatic heterocycles. The molecule has 4 nitrogen and oxygen atoms in total. The van der Waals surface area contributed by atoms with E-state index in [1.165, 1.54) is 12.1 Å². The number of hydrogen-bond acceptors (Lipinski definition) is 3. The summed E-state index contributed by atoms with van der Waals surface area (Å²) in [6.07, 6.45) is 0. The van der Waals surface area contributed by atoms with Crippen molar-refractivity contribution in [1.29, 1.82) is 0 Å². The minimum Gasteiger partial charge on any atom is -0.398 e. The number of nitrogen functional groups attached to an aromatic ring is 1. The molecular formula is C27H21Br2FN2O2S. The molecule has 0 radical (unpaired) electrons. The number of rotatable bonds is 3. The van der Waals surface area contributed by atoms with Gasteiger partial charge in [0.1, 0.15) is 5.82 Å². The second kappa shape index (κ2) is 10.4. The molecule has 0 heterocycles. The quantitative estimate of drug-likeness (QED) is 0.202. The summed E-state index contributed by atoms with van der Waals surface area (Å²) in [6.45, 7) is 1.63. The summed E-state index contributed by atoms with van der Waals surface area (Å²) in [6, 6.07) is 26.6. The van der Waals surface area contributed by atoms with Gasteiger partial charge in [0.25, 0.3) is 10.0 Å². The van der Waals surface area contributed by atoms with Crippen molar-refractivity contribution in [3.63, 3.8) is 0 Å². The Balaban J connectivity index is 0.000000201. The fourth-order valence-corrected chi connectivity index (χ4v) is 5.99. The molecular weight excluding hydrogens is 595 g/mol. The molecule has 0 spiro atoms. The van der Waals surface area contributed by atoms with Gasteiger partial charge in [-0.15, -0.1) is 0 Å². The van der Waals surface area contributed by atoms with Crippen LogP contribution in [-0.4, -0.2) is 8.42 Å². The summed E-state index contributed by atoms with van der Waals surface area (Å²) in [7, 11) is -3.88. The summed E-state index contributed by atoms with van der Waals surface area (Å²) in [5.74, 6) is -0.586. The van der Waals surface area contributed by atoms with E-state index in [2.05, 4.69) is 42.6 Å². The topological polar surface area (TPSA) is 72.2 Å². The standard InChI is InChI=1S/C17H13BrFNO2S.C10H8BrN/c1-11-6-7-12(19)10-17(11)23(21,22)20-16-9-8-15(18)13-4-2-3-5-14(13)16;11-9-5-6-10(12)8-4-2-1-3-7(8)9/h2-10,20H,1H3;1-6H,12H2. The third kappa shape index (κ3) is 5.50. The number of benzene rings is 5. The van der Waals surface area contributed by atoms with Crippen LogP contribution in [0.25, 0.3) is 21.5 Å². The highest BCUT2D eigenvalue weighted by molar-refractivity contribution is 9.11. The molecule has 35 heavy (non-hydrogen) atoms. The Labute approximate surface area is 220 Å². The minimum absolute atomic E-state index is 0.0653. The third-order valence-electron chi connectivity index (χ3n) is 5.46. The number of sulfonamides is 1. The highest BCUT2D eigenvalue weighted by Gasteiger charge is 2.19. The zero-order valence-electron chi connectivity index (χ0n) is 18.6. The molecule has 5 aromatic carbocycles. The van der Waals surface area contributed by atoms with Crippen LogP contribution in [0.5, 0.6) is 0 Å². The van der Waals surface area contributed by atoms with Crippen LogP contribution in [-0.2, 0) is 10.0 Å². The van der Waals surface area contributed by atoms with E-state index in [9.17, 15) is 12.8 Å². The van der Waals surface area contributed by atoms with Gasteiger partial charge in [-0.1, -0.05) is 86.5 Å². The van der Waals surface area contributed by atoms with Crippen LogP contribution >= 0.6 is 31.9 Å². The molecule has 8 heteroatoms. The zero-order chi connectivity index (χ0) is 25.2. The lowest BCUT2D eigenvalue weighted by Crippen LogP contribution is -2.14. The van der Waals surface area contributed by atoms with Gasteiger partial charge in [-0.2, -0.15) is 0 Å². The SMILES string of the molecule is Cc1ccc(F)cc1S(=O)(=O)Nc1ccc(Br)c2ccccc12.Nc1ccc(Br)c2ccccc12. The maximum Gasteiger partial charge on any atom is 0.262 e. The maximum atomic E-state index is 13.4. The first-order chi connectivity index (χ1) is 16.7. The summed E-state index contributed by atoms with van der Waals surface area (Å²) < 4.78 is 43.2. The van der Waals surface area contributed by atoms with E-state index in [1.54, 1.807) is 19.1 Å². The highest BCUT2D eigenvalue weighted by Crippen LogP contribution is 2.32. The van der Waals surface area contributed by atoms with E-state index in [0.717, 1.165) is 42.2 Å². The van der Waals surface area contributed by atoms with Crippen LogP contribution < -0.4 is 10.5 Å². The van der Waals surface area contributed by atoms with Gasteiger partial charge >= 0.3 is 0 Å². The molecule has 0 aliphatic carbocycles. The molecule has 178 valence electrons. The van der Waals surface area contributed by atoms with Crippen LogP contribution in [0.4, 0.5) is 15.8 Å². The Morgan fingerprint density at radius 1 is 0.743 bits per heavy atom. The first-order valence-electron chi connectivity index (χ1n) is 10.6. The molecule has 0 unspecified atom stereocenters. The average Bonchev–Trinajstić information content (AvgIpc) is 2.85. The van der Waals surface area contributed by atoms with Crippen molar-refractivity contribution in [2.24, 2.45) is 0 Å². The fourth-order valence-electron chi connectivity index (χ4n) is 3.70. The van der Waals surface area contributed by atoms with Gasteiger partial charge in [-0.05, 0) is 59.7 Å². The van der Waals surface area contributed by atoms with Crippen molar-refractivity contribution in [2.75, 3.05) is 10.5 Å². The molecule has 0 bridgehead atoms. The number of hydrogen-bond donors (Lipinski definition) is 2. The maximum absolute atomic E-state index is 13.4. The minimum atomic E-state index is -3.88. The van der Waals surface area contributed by atoms with Crippen molar-refractivity contribution in [3.8, 4) is 0 Å². The van der Waals surface area contributed by atoms with Gasteiger partial charge in [0, 0.05) is 25.4 Å². The van der Waals surface area contributed by atoms with Crippen LogP contribution in [0.2, 0.25) is 0 Å². The van der Waals surface area contributed by atoms with Crippen molar-refractivity contribution in [3.05, 3.63) is 111 Å². The third-order valence-corrected chi connectivity index (χ3v) is 8.35. The zero-order valence-corrected chi connectivity index (χ0v) is 22.6. The molecule has 5 aromatic rings. The number of nitrogens with two attached hydrogens (primary N) is 1. The van der Waals surface area contributed by atoms with E-state index >= 15 is 0 Å².